The number of carbonyl (C=O) groups excluding carboxylic acids is 1. The highest BCUT2D eigenvalue weighted by Crippen LogP contribution is 2.20. The van der Waals surface area contributed by atoms with E-state index in [1.54, 1.807) is 6.20 Å². The number of nitrogens with one attached hydrogen (secondary N) is 1. The Labute approximate surface area is 107 Å². The summed E-state index contributed by atoms with van der Waals surface area (Å²) in [7, 11) is 0. The normalized spacial score (nSPS) is 20.5. The van der Waals surface area contributed by atoms with Crippen LogP contribution < -0.4 is 5.43 Å². The quantitative estimate of drug-likeness (QED) is 0.872. The molecular weight excluding hydrogens is 228 g/mol. The van der Waals surface area contributed by atoms with E-state index < -0.39 is 0 Å². The van der Waals surface area contributed by atoms with Gasteiger partial charge in [-0.25, -0.2) is 0 Å². The minimum atomic E-state index is -0.196. The predicted octanol–water partition coefficient (Wildman–Crippen LogP) is 2.17. The van der Waals surface area contributed by atoms with Crippen LogP contribution in [0.3, 0.4) is 0 Å². The fourth-order valence-corrected chi connectivity index (χ4v) is 2.61. The zero-order valence-corrected chi connectivity index (χ0v) is 10.8. The summed E-state index contributed by atoms with van der Waals surface area (Å²) in [6, 6.07) is 1.69. The first-order valence-electron chi connectivity index (χ1n) is 6.72. The van der Waals surface area contributed by atoms with E-state index >= 15 is 0 Å². The Morgan fingerprint density at radius 2 is 2.28 bits per heavy atom. The number of nitrogens with zero attached hydrogens (tertiary/aromatic N) is 1. The SMILES string of the molecule is CCC1CCCCCN1C(=O)c1c[nH]ccc1=O. The minimum absolute atomic E-state index is 0.120. The summed E-state index contributed by atoms with van der Waals surface area (Å²) in [6.45, 7) is 2.87. The number of likely N-dealkylation sites (tertiary alicyclic amines) is 1. The van der Waals surface area contributed by atoms with Gasteiger partial charge in [0.1, 0.15) is 5.56 Å². The van der Waals surface area contributed by atoms with Gasteiger partial charge in [0.05, 0.1) is 0 Å². The number of amides is 1. The summed E-state index contributed by atoms with van der Waals surface area (Å²) in [5.41, 5.74) is 0.0655. The van der Waals surface area contributed by atoms with E-state index in [0.717, 1.165) is 25.8 Å². The molecule has 2 heterocycles. The molecule has 0 saturated carbocycles. The standard InChI is InChI=1S/C14H20N2O2/c1-2-11-6-4-3-5-9-16(11)14(18)12-10-15-8-7-13(12)17/h7-8,10-11H,2-6,9H2,1H3,(H,15,17). The molecule has 1 aromatic rings. The second-order valence-electron chi connectivity index (χ2n) is 4.83. The van der Waals surface area contributed by atoms with Crippen LogP contribution in [0.25, 0.3) is 0 Å². The van der Waals surface area contributed by atoms with E-state index in [4.69, 9.17) is 0 Å². The molecule has 1 fully saturated rings. The molecule has 1 amide bonds. The maximum absolute atomic E-state index is 12.4. The summed E-state index contributed by atoms with van der Waals surface area (Å²) >= 11 is 0. The topological polar surface area (TPSA) is 53.2 Å². The Balaban J connectivity index is 2.26. The molecule has 1 aliphatic rings. The van der Waals surface area contributed by atoms with Crippen LogP contribution in [0.15, 0.2) is 23.3 Å². The van der Waals surface area contributed by atoms with Crippen molar-refractivity contribution in [3.8, 4) is 0 Å². The Morgan fingerprint density at radius 3 is 3.00 bits per heavy atom. The Morgan fingerprint density at radius 1 is 1.44 bits per heavy atom. The average molecular weight is 248 g/mol. The highest BCUT2D eigenvalue weighted by Gasteiger charge is 2.26. The van der Waals surface area contributed by atoms with Crippen LogP contribution >= 0.6 is 0 Å². The zero-order valence-electron chi connectivity index (χ0n) is 10.8. The van der Waals surface area contributed by atoms with Crippen molar-refractivity contribution >= 4 is 5.91 Å². The predicted molar refractivity (Wildman–Crippen MR) is 70.6 cm³/mol. The molecule has 0 radical (unpaired) electrons. The lowest BCUT2D eigenvalue weighted by Gasteiger charge is -2.29. The third-order valence-corrected chi connectivity index (χ3v) is 3.66. The molecule has 1 aliphatic heterocycles. The lowest BCUT2D eigenvalue weighted by molar-refractivity contribution is 0.0676. The first kappa shape index (κ1) is 12.9. The van der Waals surface area contributed by atoms with E-state index in [1.807, 2.05) is 4.90 Å². The second kappa shape index (κ2) is 5.85. The molecule has 98 valence electrons. The third-order valence-electron chi connectivity index (χ3n) is 3.66. The monoisotopic (exact) mass is 248 g/mol. The number of hydrogen-bond acceptors (Lipinski definition) is 2. The highest BCUT2D eigenvalue weighted by molar-refractivity contribution is 5.94. The van der Waals surface area contributed by atoms with Gasteiger partial charge in [-0.1, -0.05) is 19.8 Å². The largest absolute Gasteiger partial charge is 0.367 e. The van der Waals surface area contributed by atoms with Gasteiger partial charge < -0.3 is 9.88 Å². The van der Waals surface area contributed by atoms with Crippen molar-refractivity contribution in [3.05, 3.63) is 34.2 Å². The molecular formula is C14H20N2O2. The molecule has 18 heavy (non-hydrogen) atoms. The van der Waals surface area contributed by atoms with E-state index in [9.17, 15) is 9.59 Å². The molecule has 0 spiro atoms. The van der Waals surface area contributed by atoms with Crippen LogP contribution in [0, 0.1) is 0 Å². The number of pyridine rings is 1. The summed E-state index contributed by atoms with van der Waals surface area (Å²) in [6.07, 6.45) is 8.45. The Bertz CT molecular complexity index is 467. The molecule has 1 aromatic heterocycles. The molecule has 0 aliphatic carbocycles. The lowest BCUT2D eigenvalue weighted by atomic mass is 10.1. The van der Waals surface area contributed by atoms with E-state index in [0.29, 0.717) is 0 Å². The van der Waals surface area contributed by atoms with Gasteiger partial charge in [0.15, 0.2) is 5.43 Å². The number of aromatic amines is 1. The van der Waals surface area contributed by atoms with Crippen molar-refractivity contribution in [2.45, 2.75) is 45.1 Å². The third kappa shape index (κ3) is 2.63. The molecule has 1 saturated heterocycles. The molecule has 1 N–H and O–H groups in total. The number of rotatable bonds is 2. The number of hydrogen-bond donors (Lipinski definition) is 1. The van der Waals surface area contributed by atoms with Crippen molar-refractivity contribution in [1.82, 2.24) is 9.88 Å². The van der Waals surface area contributed by atoms with Crippen LogP contribution in [0.2, 0.25) is 0 Å². The molecule has 1 atom stereocenters. The fourth-order valence-electron chi connectivity index (χ4n) is 2.61. The van der Waals surface area contributed by atoms with E-state index in [2.05, 4.69) is 11.9 Å². The molecule has 0 bridgehead atoms. The summed E-state index contributed by atoms with van der Waals surface area (Å²) in [5.74, 6) is -0.120. The van der Waals surface area contributed by atoms with Gasteiger partial charge in [-0.05, 0) is 19.3 Å². The van der Waals surface area contributed by atoms with Crippen LogP contribution in [0.4, 0.5) is 0 Å². The Hall–Kier alpha value is -1.58. The fraction of sp³-hybridized carbons (Fsp3) is 0.571. The van der Waals surface area contributed by atoms with Crippen LogP contribution in [-0.4, -0.2) is 28.4 Å². The first-order valence-corrected chi connectivity index (χ1v) is 6.72. The number of aromatic nitrogens is 1. The van der Waals surface area contributed by atoms with Crippen molar-refractivity contribution in [3.63, 3.8) is 0 Å². The van der Waals surface area contributed by atoms with Gasteiger partial charge in [0.25, 0.3) is 5.91 Å². The maximum atomic E-state index is 12.4. The molecule has 4 heteroatoms. The lowest BCUT2D eigenvalue weighted by Crippen LogP contribution is -2.41. The van der Waals surface area contributed by atoms with Crippen molar-refractivity contribution in [2.75, 3.05) is 6.54 Å². The van der Waals surface area contributed by atoms with Gasteiger partial charge in [-0.15, -0.1) is 0 Å². The van der Waals surface area contributed by atoms with E-state index in [1.165, 1.54) is 25.1 Å². The van der Waals surface area contributed by atoms with Crippen molar-refractivity contribution in [2.24, 2.45) is 0 Å². The average Bonchev–Trinajstić information content (AvgIpc) is 2.63. The molecule has 0 aromatic carbocycles. The van der Waals surface area contributed by atoms with Crippen LogP contribution in [0.5, 0.6) is 0 Å². The van der Waals surface area contributed by atoms with E-state index in [-0.39, 0.29) is 22.9 Å². The summed E-state index contributed by atoms with van der Waals surface area (Å²) in [5, 5.41) is 0. The van der Waals surface area contributed by atoms with Gasteiger partial charge in [0.2, 0.25) is 0 Å². The highest BCUT2D eigenvalue weighted by atomic mass is 16.2. The maximum Gasteiger partial charge on any atom is 0.259 e. The zero-order chi connectivity index (χ0) is 13.0. The molecule has 2 rings (SSSR count). The van der Waals surface area contributed by atoms with Gasteiger partial charge in [0, 0.05) is 31.0 Å². The first-order chi connectivity index (χ1) is 8.74. The van der Waals surface area contributed by atoms with Crippen molar-refractivity contribution in [1.29, 1.82) is 0 Å². The van der Waals surface area contributed by atoms with Crippen LogP contribution in [0.1, 0.15) is 49.4 Å². The van der Waals surface area contributed by atoms with Gasteiger partial charge in [-0.3, -0.25) is 9.59 Å². The molecule has 1 unspecified atom stereocenters. The minimum Gasteiger partial charge on any atom is -0.367 e. The van der Waals surface area contributed by atoms with Crippen molar-refractivity contribution < 1.29 is 4.79 Å². The smallest absolute Gasteiger partial charge is 0.259 e. The second-order valence-corrected chi connectivity index (χ2v) is 4.83. The molecule has 4 nitrogen and oxygen atoms in total. The summed E-state index contributed by atoms with van der Waals surface area (Å²) in [4.78, 5) is 28.9. The Kier molecular flexibility index (Phi) is 4.18. The number of H-pyrrole nitrogens is 1. The number of carbonyl (C=O) groups is 1. The van der Waals surface area contributed by atoms with Crippen LogP contribution in [-0.2, 0) is 0 Å². The summed E-state index contributed by atoms with van der Waals surface area (Å²) < 4.78 is 0. The van der Waals surface area contributed by atoms with Gasteiger partial charge in [-0.2, -0.15) is 0 Å². The van der Waals surface area contributed by atoms with Gasteiger partial charge >= 0.3 is 0 Å².